The van der Waals surface area contributed by atoms with Crippen LogP contribution < -0.4 is 0 Å². The summed E-state index contributed by atoms with van der Waals surface area (Å²) < 4.78 is 1.79. The molecule has 0 aliphatic heterocycles. The summed E-state index contributed by atoms with van der Waals surface area (Å²) in [7, 11) is 0. The summed E-state index contributed by atoms with van der Waals surface area (Å²) in [6.45, 7) is 5.40. The van der Waals surface area contributed by atoms with Crippen molar-refractivity contribution in [1.29, 1.82) is 0 Å². The molecule has 4 heteroatoms. The number of benzene rings is 1. The van der Waals surface area contributed by atoms with Crippen LogP contribution in [0.2, 0.25) is 0 Å². The average molecular weight is 269 g/mol. The fourth-order valence-corrected chi connectivity index (χ4v) is 1.95. The first-order valence-electron chi connectivity index (χ1n) is 6.81. The van der Waals surface area contributed by atoms with Gasteiger partial charge in [0, 0.05) is 30.9 Å². The first-order valence-corrected chi connectivity index (χ1v) is 6.81. The summed E-state index contributed by atoms with van der Waals surface area (Å²) in [5.74, 6) is 0.0301. The molecule has 1 heterocycles. The van der Waals surface area contributed by atoms with Gasteiger partial charge in [0.1, 0.15) is 0 Å². The SMILES string of the molecule is CCN(CC)C(=O)/C=C/c1cnn(-c2ccccc2)c1. The molecule has 2 rings (SSSR count). The van der Waals surface area contributed by atoms with E-state index in [9.17, 15) is 4.79 Å². The molecule has 0 radical (unpaired) electrons. The van der Waals surface area contributed by atoms with Crippen molar-refractivity contribution in [2.75, 3.05) is 13.1 Å². The lowest BCUT2D eigenvalue weighted by molar-refractivity contribution is -0.125. The van der Waals surface area contributed by atoms with Crippen LogP contribution in [0.3, 0.4) is 0 Å². The number of carbonyl (C=O) groups is 1. The molecule has 0 atom stereocenters. The number of nitrogens with zero attached hydrogens (tertiary/aromatic N) is 3. The highest BCUT2D eigenvalue weighted by molar-refractivity contribution is 5.91. The van der Waals surface area contributed by atoms with Gasteiger partial charge < -0.3 is 4.90 Å². The second kappa shape index (κ2) is 6.70. The minimum Gasteiger partial charge on any atom is -0.340 e. The fourth-order valence-electron chi connectivity index (χ4n) is 1.95. The smallest absolute Gasteiger partial charge is 0.246 e. The minimum atomic E-state index is 0.0301. The number of likely N-dealkylation sites (N-methyl/N-ethyl adjacent to an activating group) is 1. The van der Waals surface area contributed by atoms with Crippen molar-refractivity contribution < 1.29 is 4.79 Å². The van der Waals surface area contributed by atoms with E-state index in [-0.39, 0.29) is 5.91 Å². The molecule has 4 nitrogen and oxygen atoms in total. The molecule has 0 fully saturated rings. The van der Waals surface area contributed by atoms with Gasteiger partial charge in [-0.25, -0.2) is 4.68 Å². The molecule has 1 aromatic carbocycles. The first kappa shape index (κ1) is 14.1. The van der Waals surface area contributed by atoms with Gasteiger partial charge in [-0.2, -0.15) is 5.10 Å². The normalized spacial score (nSPS) is 10.9. The zero-order valence-electron chi connectivity index (χ0n) is 11.9. The lowest BCUT2D eigenvalue weighted by atomic mass is 10.3. The number of rotatable bonds is 5. The molecule has 2 aromatic rings. The fraction of sp³-hybridized carbons (Fsp3) is 0.250. The number of hydrogen-bond donors (Lipinski definition) is 0. The topological polar surface area (TPSA) is 38.1 Å². The quantitative estimate of drug-likeness (QED) is 0.783. The second-order valence-corrected chi connectivity index (χ2v) is 4.40. The molecule has 1 amide bonds. The van der Waals surface area contributed by atoms with Crippen LogP contribution in [-0.2, 0) is 4.79 Å². The molecule has 0 saturated heterocycles. The Balaban J connectivity index is 2.08. The number of para-hydroxylation sites is 1. The third kappa shape index (κ3) is 3.35. The van der Waals surface area contributed by atoms with Gasteiger partial charge in [0.25, 0.3) is 0 Å². The predicted octanol–water partition coefficient (Wildman–Crippen LogP) is 2.75. The number of hydrogen-bond acceptors (Lipinski definition) is 2. The Morgan fingerprint density at radius 1 is 1.25 bits per heavy atom. The van der Waals surface area contributed by atoms with Crippen molar-refractivity contribution in [3.05, 3.63) is 54.4 Å². The summed E-state index contributed by atoms with van der Waals surface area (Å²) in [5, 5.41) is 4.29. The standard InChI is InChI=1S/C16H19N3O/c1-3-18(4-2)16(20)11-10-14-12-17-19(13-14)15-8-6-5-7-9-15/h5-13H,3-4H2,1-2H3/b11-10+. The minimum absolute atomic E-state index is 0.0301. The Morgan fingerprint density at radius 3 is 2.60 bits per heavy atom. The van der Waals surface area contributed by atoms with Gasteiger partial charge in [-0.05, 0) is 32.1 Å². The summed E-state index contributed by atoms with van der Waals surface area (Å²) in [5.41, 5.74) is 1.91. The van der Waals surface area contributed by atoms with E-state index in [0.29, 0.717) is 0 Å². The highest BCUT2D eigenvalue weighted by Crippen LogP contribution is 2.08. The van der Waals surface area contributed by atoms with Crippen molar-refractivity contribution in [1.82, 2.24) is 14.7 Å². The molecule has 0 saturated carbocycles. The van der Waals surface area contributed by atoms with Crippen LogP contribution in [0.5, 0.6) is 0 Å². The monoisotopic (exact) mass is 269 g/mol. The highest BCUT2D eigenvalue weighted by atomic mass is 16.2. The van der Waals surface area contributed by atoms with E-state index >= 15 is 0 Å². The number of amides is 1. The Morgan fingerprint density at radius 2 is 1.95 bits per heavy atom. The summed E-state index contributed by atoms with van der Waals surface area (Å²) in [6, 6.07) is 9.88. The molecule has 0 aliphatic carbocycles. The molecule has 0 bridgehead atoms. The van der Waals surface area contributed by atoms with Gasteiger partial charge in [0.2, 0.25) is 5.91 Å². The Hall–Kier alpha value is -2.36. The van der Waals surface area contributed by atoms with Crippen LogP contribution in [0, 0.1) is 0 Å². The zero-order valence-corrected chi connectivity index (χ0v) is 11.9. The van der Waals surface area contributed by atoms with Gasteiger partial charge >= 0.3 is 0 Å². The van der Waals surface area contributed by atoms with E-state index in [4.69, 9.17) is 0 Å². The van der Waals surface area contributed by atoms with Crippen molar-refractivity contribution in [2.24, 2.45) is 0 Å². The summed E-state index contributed by atoms with van der Waals surface area (Å²) >= 11 is 0. The predicted molar refractivity (Wildman–Crippen MR) is 80.5 cm³/mol. The summed E-state index contributed by atoms with van der Waals surface area (Å²) in [6.07, 6.45) is 7.05. The molecule has 1 aromatic heterocycles. The molecule has 0 aliphatic rings. The van der Waals surface area contributed by atoms with Crippen LogP contribution in [0.1, 0.15) is 19.4 Å². The molecule has 0 unspecified atom stereocenters. The van der Waals surface area contributed by atoms with Crippen molar-refractivity contribution in [2.45, 2.75) is 13.8 Å². The van der Waals surface area contributed by atoms with E-state index in [1.165, 1.54) is 0 Å². The largest absolute Gasteiger partial charge is 0.340 e. The van der Waals surface area contributed by atoms with Crippen LogP contribution >= 0.6 is 0 Å². The molecular weight excluding hydrogens is 250 g/mol. The zero-order chi connectivity index (χ0) is 14.4. The van der Waals surface area contributed by atoms with Gasteiger partial charge in [-0.3, -0.25) is 4.79 Å². The maximum absolute atomic E-state index is 11.9. The van der Waals surface area contributed by atoms with Crippen LogP contribution in [0.15, 0.2) is 48.8 Å². The van der Waals surface area contributed by atoms with Crippen molar-refractivity contribution in [3.8, 4) is 5.69 Å². The Labute approximate surface area is 119 Å². The van der Waals surface area contributed by atoms with Gasteiger partial charge in [-0.15, -0.1) is 0 Å². The Kier molecular flexibility index (Phi) is 4.71. The van der Waals surface area contributed by atoms with Crippen molar-refractivity contribution >= 4 is 12.0 Å². The van der Waals surface area contributed by atoms with Gasteiger partial charge in [0.15, 0.2) is 0 Å². The Bertz CT molecular complexity index is 583. The third-order valence-electron chi connectivity index (χ3n) is 3.12. The van der Waals surface area contributed by atoms with Gasteiger partial charge in [0.05, 0.1) is 11.9 Å². The van der Waals surface area contributed by atoms with E-state index < -0.39 is 0 Å². The molecule has 20 heavy (non-hydrogen) atoms. The average Bonchev–Trinajstić information content (AvgIpc) is 2.96. The number of carbonyl (C=O) groups excluding carboxylic acids is 1. The lowest BCUT2D eigenvalue weighted by Crippen LogP contribution is -2.28. The molecule has 0 N–H and O–H groups in total. The van der Waals surface area contributed by atoms with E-state index in [0.717, 1.165) is 24.3 Å². The molecule has 104 valence electrons. The maximum Gasteiger partial charge on any atom is 0.246 e. The summed E-state index contributed by atoms with van der Waals surface area (Å²) in [4.78, 5) is 13.6. The highest BCUT2D eigenvalue weighted by Gasteiger charge is 2.05. The van der Waals surface area contributed by atoms with E-state index in [1.807, 2.05) is 50.4 Å². The van der Waals surface area contributed by atoms with Crippen molar-refractivity contribution in [3.63, 3.8) is 0 Å². The van der Waals surface area contributed by atoms with Crippen LogP contribution in [0.4, 0.5) is 0 Å². The molecule has 0 spiro atoms. The number of aromatic nitrogens is 2. The molecular formula is C16H19N3O. The van der Waals surface area contributed by atoms with Crippen LogP contribution in [-0.4, -0.2) is 33.7 Å². The lowest BCUT2D eigenvalue weighted by Gasteiger charge is -2.15. The third-order valence-corrected chi connectivity index (χ3v) is 3.12. The second-order valence-electron chi connectivity index (χ2n) is 4.40. The van der Waals surface area contributed by atoms with Crippen LogP contribution in [0.25, 0.3) is 11.8 Å². The first-order chi connectivity index (χ1) is 9.74. The van der Waals surface area contributed by atoms with E-state index in [1.54, 1.807) is 27.9 Å². The van der Waals surface area contributed by atoms with E-state index in [2.05, 4.69) is 5.10 Å². The van der Waals surface area contributed by atoms with Gasteiger partial charge in [-0.1, -0.05) is 18.2 Å². The maximum atomic E-state index is 11.9.